The van der Waals surface area contributed by atoms with Crippen molar-refractivity contribution in [1.82, 2.24) is 4.98 Å². The van der Waals surface area contributed by atoms with Gasteiger partial charge >= 0.3 is 0 Å². The second kappa shape index (κ2) is 6.47. The third kappa shape index (κ3) is 3.25. The van der Waals surface area contributed by atoms with Crippen LogP contribution in [0.3, 0.4) is 0 Å². The van der Waals surface area contributed by atoms with Gasteiger partial charge in [-0.1, -0.05) is 23.7 Å². The van der Waals surface area contributed by atoms with Crippen LogP contribution in [0.25, 0.3) is 10.9 Å². The van der Waals surface area contributed by atoms with Crippen molar-refractivity contribution in [2.75, 3.05) is 7.11 Å². The van der Waals surface area contributed by atoms with E-state index in [9.17, 15) is 4.79 Å². The molecular weight excluding hydrogens is 310 g/mol. The minimum Gasteiger partial charge on any atom is -0.497 e. The first-order valence-electron chi connectivity index (χ1n) is 7.48. The number of carbonyl (C=O) groups is 1. The van der Waals surface area contributed by atoms with Crippen LogP contribution in [-0.2, 0) is 4.79 Å². The number of Topliss-reactive ketones (excluding diaryl/α,β-unsaturated/α-hetero) is 1. The van der Waals surface area contributed by atoms with Gasteiger partial charge < -0.3 is 9.72 Å². The minimum atomic E-state index is -0.00868. The van der Waals surface area contributed by atoms with Crippen molar-refractivity contribution in [2.45, 2.75) is 19.3 Å². The third-order valence-electron chi connectivity index (χ3n) is 4.06. The Balaban J connectivity index is 2.12. The zero-order valence-electron chi connectivity index (χ0n) is 13.1. The van der Waals surface area contributed by atoms with Gasteiger partial charge in [0.05, 0.1) is 7.11 Å². The number of carbonyl (C=O) groups excluding carboxylic acids is 1. The summed E-state index contributed by atoms with van der Waals surface area (Å²) in [6.07, 6.45) is 2.43. The first-order chi connectivity index (χ1) is 11.1. The second-order valence-corrected chi connectivity index (χ2v) is 6.10. The lowest BCUT2D eigenvalue weighted by Gasteiger charge is -2.16. The molecule has 3 rings (SSSR count). The Kier molecular flexibility index (Phi) is 4.39. The number of hydrogen-bond acceptors (Lipinski definition) is 2. The first-order valence-corrected chi connectivity index (χ1v) is 7.86. The summed E-state index contributed by atoms with van der Waals surface area (Å²) in [5, 5.41) is 1.77. The number of aromatic nitrogens is 1. The van der Waals surface area contributed by atoms with Gasteiger partial charge in [0.15, 0.2) is 0 Å². The Hall–Kier alpha value is -2.26. The van der Waals surface area contributed by atoms with Crippen molar-refractivity contribution in [3.63, 3.8) is 0 Å². The molecule has 4 heteroatoms. The Morgan fingerprint density at radius 3 is 2.61 bits per heavy atom. The summed E-state index contributed by atoms with van der Waals surface area (Å²) < 4.78 is 5.33. The maximum atomic E-state index is 11.8. The van der Waals surface area contributed by atoms with Crippen molar-refractivity contribution in [3.05, 3.63) is 64.8 Å². The van der Waals surface area contributed by atoms with Crippen LogP contribution in [0, 0.1) is 0 Å². The van der Waals surface area contributed by atoms with Crippen molar-refractivity contribution in [3.8, 4) is 5.75 Å². The predicted octanol–water partition coefficient (Wildman–Crippen LogP) is 4.94. The smallest absolute Gasteiger partial charge is 0.130 e. The van der Waals surface area contributed by atoms with Gasteiger partial charge in [0.1, 0.15) is 11.5 Å². The van der Waals surface area contributed by atoms with Crippen LogP contribution in [0.15, 0.2) is 48.7 Å². The molecule has 0 aliphatic heterocycles. The van der Waals surface area contributed by atoms with Gasteiger partial charge in [-0.25, -0.2) is 0 Å². The monoisotopic (exact) mass is 327 g/mol. The van der Waals surface area contributed by atoms with E-state index in [1.54, 1.807) is 14.0 Å². The number of hydrogen-bond donors (Lipinski definition) is 1. The van der Waals surface area contributed by atoms with E-state index in [2.05, 4.69) is 4.98 Å². The molecule has 1 aromatic heterocycles. The molecule has 0 saturated heterocycles. The number of ketones is 1. The molecule has 1 atom stereocenters. The fraction of sp³-hybridized carbons (Fsp3) is 0.211. The van der Waals surface area contributed by atoms with Crippen molar-refractivity contribution in [2.24, 2.45) is 0 Å². The van der Waals surface area contributed by atoms with E-state index in [1.807, 2.05) is 48.7 Å². The minimum absolute atomic E-state index is 0.00868. The Morgan fingerprint density at radius 2 is 1.96 bits per heavy atom. The molecule has 0 bridgehead atoms. The van der Waals surface area contributed by atoms with Gasteiger partial charge in [-0.3, -0.25) is 4.79 Å². The van der Waals surface area contributed by atoms with E-state index in [0.29, 0.717) is 11.4 Å². The fourth-order valence-corrected chi connectivity index (χ4v) is 3.05. The van der Waals surface area contributed by atoms with Crippen LogP contribution in [0.2, 0.25) is 5.02 Å². The molecule has 0 radical (unpaired) electrons. The zero-order chi connectivity index (χ0) is 16.4. The van der Waals surface area contributed by atoms with E-state index in [-0.39, 0.29) is 11.7 Å². The highest BCUT2D eigenvalue weighted by Crippen LogP contribution is 2.35. The van der Waals surface area contributed by atoms with Crippen LogP contribution in [0.1, 0.15) is 30.4 Å². The number of nitrogens with one attached hydrogen (secondary N) is 1. The molecule has 0 unspecified atom stereocenters. The molecule has 3 aromatic rings. The van der Waals surface area contributed by atoms with E-state index in [0.717, 1.165) is 27.8 Å². The van der Waals surface area contributed by atoms with Gasteiger partial charge in [-0.2, -0.15) is 0 Å². The molecule has 1 N–H and O–H groups in total. The van der Waals surface area contributed by atoms with E-state index in [4.69, 9.17) is 16.3 Å². The lowest BCUT2D eigenvalue weighted by atomic mass is 9.87. The molecule has 0 aliphatic rings. The van der Waals surface area contributed by atoms with Gasteiger partial charge in [-0.05, 0) is 48.4 Å². The summed E-state index contributed by atoms with van der Waals surface area (Å²) in [6, 6.07) is 13.6. The topological polar surface area (TPSA) is 42.1 Å². The maximum absolute atomic E-state index is 11.8. The average molecular weight is 328 g/mol. The highest BCUT2D eigenvalue weighted by molar-refractivity contribution is 6.30. The van der Waals surface area contributed by atoms with Crippen molar-refractivity contribution >= 4 is 28.3 Å². The summed E-state index contributed by atoms with van der Waals surface area (Å²) in [7, 11) is 1.65. The lowest BCUT2D eigenvalue weighted by molar-refractivity contribution is -0.117. The second-order valence-electron chi connectivity index (χ2n) is 5.67. The van der Waals surface area contributed by atoms with Crippen LogP contribution in [-0.4, -0.2) is 17.9 Å². The Labute approximate surface area is 140 Å². The van der Waals surface area contributed by atoms with Crippen LogP contribution >= 0.6 is 11.6 Å². The maximum Gasteiger partial charge on any atom is 0.130 e. The first kappa shape index (κ1) is 15.6. The number of H-pyrrole nitrogens is 1. The predicted molar refractivity (Wildman–Crippen MR) is 93.4 cm³/mol. The molecule has 0 saturated carbocycles. The number of aromatic amines is 1. The summed E-state index contributed by atoms with van der Waals surface area (Å²) in [6.45, 7) is 1.62. The Morgan fingerprint density at radius 1 is 1.22 bits per heavy atom. The lowest BCUT2D eigenvalue weighted by Crippen LogP contribution is -2.05. The van der Waals surface area contributed by atoms with Gasteiger partial charge in [0.2, 0.25) is 0 Å². The molecule has 3 nitrogen and oxygen atoms in total. The number of rotatable bonds is 5. The van der Waals surface area contributed by atoms with E-state index < -0.39 is 0 Å². The summed E-state index contributed by atoms with van der Waals surface area (Å²) in [4.78, 5) is 15.1. The molecule has 2 aromatic carbocycles. The van der Waals surface area contributed by atoms with Crippen LogP contribution < -0.4 is 4.74 Å². The summed E-state index contributed by atoms with van der Waals surface area (Å²) in [5.41, 5.74) is 3.20. The van der Waals surface area contributed by atoms with Gasteiger partial charge in [-0.15, -0.1) is 0 Å². The molecule has 1 heterocycles. The number of fused-ring (bicyclic) bond motifs is 1. The number of halogens is 1. The molecule has 0 spiro atoms. The van der Waals surface area contributed by atoms with Crippen molar-refractivity contribution in [1.29, 1.82) is 0 Å². The Bertz CT molecular complexity index is 836. The molecule has 0 fully saturated rings. The average Bonchev–Trinajstić information content (AvgIpc) is 2.96. The highest BCUT2D eigenvalue weighted by atomic mass is 35.5. The summed E-state index contributed by atoms with van der Waals surface area (Å²) in [5.74, 6) is 0.948. The molecule has 0 aliphatic carbocycles. The number of benzene rings is 2. The highest BCUT2D eigenvalue weighted by Gasteiger charge is 2.20. The normalized spacial score (nSPS) is 12.3. The van der Waals surface area contributed by atoms with Crippen molar-refractivity contribution < 1.29 is 9.53 Å². The molecular formula is C19H18ClNO2. The largest absolute Gasteiger partial charge is 0.497 e. The zero-order valence-corrected chi connectivity index (χ0v) is 13.9. The van der Waals surface area contributed by atoms with E-state index >= 15 is 0 Å². The summed E-state index contributed by atoms with van der Waals surface area (Å²) >= 11 is 5.99. The van der Waals surface area contributed by atoms with Gasteiger partial charge in [0.25, 0.3) is 0 Å². The number of methoxy groups -OCH3 is 1. The van der Waals surface area contributed by atoms with E-state index in [1.165, 1.54) is 0 Å². The molecule has 0 amide bonds. The quantitative estimate of drug-likeness (QED) is 0.721. The molecule has 23 heavy (non-hydrogen) atoms. The molecule has 118 valence electrons. The van der Waals surface area contributed by atoms with Crippen LogP contribution in [0.4, 0.5) is 0 Å². The van der Waals surface area contributed by atoms with Crippen LogP contribution in [0.5, 0.6) is 5.75 Å². The SMILES string of the molecule is COc1ccc2[nH]cc([C@H](CC(C)=O)c3ccc(Cl)cc3)c2c1. The fourth-order valence-electron chi connectivity index (χ4n) is 2.93. The standard InChI is InChI=1S/C19H18ClNO2/c1-12(22)9-16(13-3-5-14(20)6-4-13)18-11-21-19-8-7-15(23-2)10-17(18)19/h3-8,10-11,16,21H,9H2,1-2H3/t16-/m1/s1. The number of ether oxygens (including phenoxy) is 1. The third-order valence-corrected chi connectivity index (χ3v) is 4.31. The van der Waals surface area contributed by atoms with Gasteiger partial charge in [0, 0.05) is 34.5 Å².